The van der Waals surface area contributed by atoms with Gasteiger partial charge < -0.3 is 9.88 Å². The van der Waals surface area contributed by atoms with Gasteiger partial charge >= 0.3 is 0 Å². The highest BCUT2D eigenvalue weighted by atomic mass is 16.1. The van der Waals surface area contributed by atoms with E-state index in [1.165, 1.54) is 10.9 Å². The minimum atomic E-state index is -0.150. The van der Waals surface area contributed by atoms with Gasteiger partial charge in [-0.1, -0.05) is 18.2 Å². The van der Waals surface area contributed by atoms with E-state index in [0.717, 1.165) is 13.0 Å². The number of hydrogen-bond donors (Lipinski definition) is 1. The Labute approximate surface area is 129 Å². The molecule has 0 radical (unpaired) electrons. The summed E-state index contributed by atoms with van der Waals surface area (Å²) in [5, 5.41) is 4.13. The topological polar surface area (TPSA) is 59.8 Å². The molecule has 0 saturated carbocycles. The molecule has 1 amide bonds. The van der Waals surface area contributed by atoms with Crippen molar-refractivity contribution in [2.45, 2.75) is 19.9 Å². The normalized spacial score (nSPS) is 10.8. The lowest BCUT2D eigenvalue weighted by molar-refractivity contribution is 0.0947. The first-order valence-corrected chi connectivity index (χ1v) is 7.36. The number of carbonyl (C=O) groups is 1. The highest BCUT2D eigenvalue weighted by molar-refractivity contribution is 5.92. The molecular formula is C17H18N4O. The summed E-state index contributed by atoms with van der Waals surface area (Å²) in [6.07, 6.45) is 4.55. The van der Waals surface area contributed by atoms with E-state index < -0.39 is 0 Å². The first-order chi connectivity index (χ1) is 10.7. The van der Waals surface area contributed by atoms with Crippen LogP contribution in [0.2, 0.25) is 0 Å². The van der Waals surface area contributed by atoms with Gasteiger partial charge in [-0.2, -0.15) is 0 Å². The Balaban J connectivity index is 1.52. The van der Waals surface area contributed by atoms with Crippen LogP contribution in [-0.2, 0) is 6.54 Å². The lowest BCUT2D eigenvalue weighted by Gasteiger charge is -2.07. The van der Waals surface area contributed by atoms with E-state index in [9.17, 15) is 4.79 Å². The molecule has 0 saturated heterocycles. The minimum absolute atomic E-state index is 0.150. The number of benzene rings is 1. The second-order valence-corrected chi connectivity index (χ2v) is 5.17. The maximum absolute atomic E-state index is 12.0. The van der Waals surface area contributed by atoms with Crippen LogP contribution in [0, 0.1) is 6.92 Å². The van der Waals surface area contributed by atoms with E-state index in [0.29, 0.717) is 18.1 Å². The molecule has 0 unspecified atom stereocenters. The van der Waals surface area contributed by atoms with Crippen LogP contribution in [0.1, 0.15) is 22.7 Å². The van der Waals surface area contributed by atoms with Crippen molar-refractivity contribution in [1.29, 1.82) is 0 Å². The summed E-state index contributed by atoms with van der Waals surface area (Å²) in [4.78, 5) is 20.1. The van der Waals surface area contributed by atoms with E-state index in [1.807, 2.05) is 12.1 Å². The number of aryl methyl sites for hydroxylation is 2. The van der Waals surface area contributed by atoms with Crippen LogP contribution in [-0.4, -0.2) is 27.0 Å². The highest BCUT2D eigenvalue weighted by Gasteiger charge is 2.06. The molecule has 112 valence electrons. The fourth-order valence-electron chi connectivity index (χ4n) is 2.46. The SMILES string of the molecule is Cc1nccc(C(=O)NCCCn2ccc3ccccc32)n1. The predicted octanol–water partition coefficient (Wildman–Crippen LogP) is 2.56. The number of nitrogens with one attached hydrogen (secondary N) is 1. The molecule has 2 heterocycles. The molecule has 3 rings (SSSR count). The molecule has 0 aliphatic carbocycles. The van der Waals surface area contributed by atoms with Gasteiger partial charge in [-0.15, -0.1) is 0 Å². The molecule has 0 aliphatic rings. The molecule has 2 aromatic heterocycles. The molecule has 5 heteroatoms. The van der Waals surface area contributed by atoms with Crippen molar-refractivity contribution in [3.05, 3.63) is 60.3 Å². The Morgan fingerprint density at radius 3 is 2.95 bits per heavy atom. The molecular weight excluding hydrogens is 276 g/mol. The van der Waals surface area contributed by atoms with Crippen LogP contribution in [0.5, 0.6) is 0 Å². The first kappa shape index (κ1) is 14.3. The van der Waals surface area contributed by atoms with Crippen molar-refractivity contribution in [3.63, 3.8) is 0 Å². The van der Waals surface area contributed by atoms with Gasteiger partial charge in [0.1, 0.15) is 11.5 Å². The Morgan fingerprint density at radius 2 is 2.09 bits per heavy atom. The fraction of sp³-hybridized carbons (Fsp3) is 0.235. The number of amides is 1. The molecule has 0 aliphatic heterocycles. The summed E-state index contributed by atoms with van der Waals surface area (Å²) in [6, 6.07) is 12.0. The molecule has 0 fully saturated rings. The lowest BCUT2D eigenvalue weighted by Crippen LogP contribution is -2.26. The number of fused-ring (bicyclic) bond motifs is 1. The summed E-state index contributed by atoms with van der Waals surface area (Å²) < 4.78 is 2.20. The summed E-state index contributed by atoms with van der Waals surface area (Å²) in [5.41, 5.74) is 1.64. The van der Waals surface area contributed by atoms with Crippen LogP contribution in [0.4, 0.5) is 0 Å². The van der Waals surface area contributed by atoms with Gasteiger partial charge in [0.15, 0.2) is 0 Å². The van der Waals surface area contributed by atoms with Gasteiger partial charge in [0, 0.05) is 31.0 Å². The van der Waals surface area contributed by atoms with Gasteiger partial charge in [-0.25, -0.2) is 9.97 Å². The summed E-state index contributed by atoms with van der Waals surface area (Å²) in [7, 11) is 0. The number of hydrogen-bond acceptors (Lipinski definition) is 3. The minimum Gasteiger partial charge on any atom is -0.351 e. The first-order valence-electron chi connectivity index (χ1n) is 7.36. The van der Waals surface area contributed by atoms with E-state index in [-0.39, 0.29) is 5.91 Å². The van der Waals surface area contributed by atoms with Gasteiger partial charge in [0.05, 0.1) is 0 Å². The van der Waals surface area contributed by atoms with Crippen LogP contribution in [0.3, 0.4) is 0 Å². The Kier molecular flexibility index (Phi) is 4.14. The predicted molar refractivity (Wildman–Crippen MR) is 85.7 cm³/mol. The van der Waals surface area contributed by atoms with Gasteiger partial charge in [-0.3, -0.25) is 4.79 Å². The number of carbonyl (C=O) groups excluding carboxylic acids is 1. The van der Waals surface area contributed by atoms with Crippen molar-refractivity contribution in [2.75, 3.05) is 6.54 Å². The molecule has 1 aromatic carbocycles. The van der Waals surface area contributed by atoms with Gasteiger partial charge in [0.25, 0.3) is 5.91 Å². The molecule has 1 N–H and O–H groups in total. The summed E-state index contributed by atoms with van der Waals surface area (Å²) in [6.45, 7) is 3.26. The van der Waals surface area contributed by atoms with Gasteiger partial charge in [-0.05, 0) is 36.9 Å². The van der Waals surface area contributed by atoms with E-state index in [1.54, 1.807) is 19.2 Å². The van der Waals surface area contributed by atoms with E-state index in [2.05, 4.69) is 44.2 Å². The molecule has 0 spiro atoms. The number of para-hydroxylation sites is 1. The zero-order valence-corrected chi connectivity index (χ0v) is 12.5. The van der Waals surface area contributed by atoms with Gasteiger partial charge in [0.2, 0.25) is 0 Å². The Bertz CT molecular complexity index is 794. The van der Waals surface area contributed by atoms with Crippen molar-refractivity contribution in [1.82, 2.24) is 19.9 Å². The quantitative estimate of drug-likeness (QED) is 0.736. The van der Waals surface area contributed by atoms with Crippen molar-refractivity contribution >= 4 is 16.8 Å². The summed E-state index contributed by atoms with van der Waals surface area (Å²) >= 11 is 0. The van der Waals surface area contributed by atoms with Crippen LogP contribution < -0.4 is 5.32 Å². The van der Waals surface area contributed by atoms with Crippen LogP contribution in [0.25, 0.3) is 10.9 Å². The third-order valence-electron chi connectivity index (χ3n) is 3.55. The number of rotatable bonds is 5. The lowest BCUT2D eigenvalue weighted by atomic mass is 10.2. The zero-order chi connectivity index (χ0) is 15.4. The number of aromatic nitrogens is 3. The monoisotopic (exact) mass is 294 g/mol. The molecule has 5 nitrogen and oxygen atoms in total. The third kappa shape index (κ3) is 3.14. The molecule has 0 bridgehead atoms. The molecule has 22 heavy (non-hydrogen) atoms. The average molecular weight is 294 g/mol. The maximum atomic E-state index is 12.0. The zero-order valence-electron chi connectivity index (χ0n) is 12.5. The molecule has 3 aromatic rings. The fourth-order valence-corrected chi connectivity index (χ4v) is 2.46. The smallest absolute Gasteiger partial charge is 0.270 e. The van der Waals surface area contributed by atoms with E-state index >= 15 is 0 Å². The second-order valence-electron chi connectivity index (χ2n) is 5.17. The van der Waals surface area contributed by atoms with Crippen molar-refractivity contribution < 1.29 is 4.79 Å². The Hall–Kier alpha value is -2.69. The van der Waals surface area contributed by atoms with E-state index in [4.69, 9.17) is 0 Å². The van der Waals surface area contributed by atoms with Crippen molar-refractivity contribution in [2.24, 2.45) is 0 Å². The largest absolute Gasteiger partial charge is 0.351 e. The van der Waals surface area contributed by atoms with Crippen molar-refractivity contribution in [3.8, 4) is 0 Å². The third-order valence-corrected chi connectivity index (χ3v) is 3.55. The summed E-state index contributed by atoms with van der Waals surface area (Å²) in [5.74, 6) is 0.453. The average Bonchev–Trinajstić information content (AvgIpc) is 2.95. The second kappa shape index (κ2) is 6.39. The standard InChI is InChI=1S/C17H18N4O/c1-13-18-10-7-15(20-13)17(22)19-9-4-11-21-12-8-14-5-2-3-6-16(14)21/h2-3,5-8,10,12H,4,9,11H2,1H3,(H,19,22). The maximum Gasteiger partial charge on any atom is 0.270 e. The Morgan fingerprint density at radius 1 is 1.23 bits per heavy atom. The number of nitrogens with zero attached hydrogens (tertiary/aromatic N) is 3. The van der Waals surface area contributed by atoms with Crippen LogP contribution in [0.15, 0.2) is 48.8 Å². The molecule has 0 atom stereocenters. The van der Waals surface area contributed by atoms with Crippen LogP contribution >= 0.6 is 0 Å². The highest BCUT2D eigenvalue weighted by Crippen LogP contribution is 2.15.